The van der Waals surface area contributed by atoms with E-state index in [1.807, 2.05) is 23.6 Å². The van der Waals surface area contributed by atoms with Gasteiger partial charge in [0, 0.05) is 17.6 Å². The lowest BCUT2D eigenvalue weighted by Crippen LogP contribution is -2.25. The Morgan fingerprint density at radius 1 is 1.24 bits per heavy atom. The van der Waals surface area contributed by atoms with E-state index < -0.39 is 6.61 Å². The maximum atomic E-state index is 12.4. The molecular weight excluding hydrogens is 452 g/mol. The van der Waals surface area contributed by atoms with Crippen molar-refractivity contribution in [2.24, 2.45) is 4.99 Å². The number of fused-ring (bicyclic) bond motifs is 1. The van der Waals surface area contributed by atoms with Crippen molar-refractivity contribution < 1.29 is 27.8 Å². The van der Waals surface area contributed by atoms with Crippen LogP contribution in [0.25, 0.3) is 11.3 Å². The predicted molar refractivity (Wildman–Crippen MR) is 119 cm³/mol. The van der Waals surface area contributed by atoms with Crippen LogP contribution in [-0.2, 0) is 16.1 Å². The molecule has 33 heavy (non-hydrogen) atoms. The zero-order chi connectivity index (χ0) is 22.8. The van der Waals surface area contributed by atoms with Crippen LogP contribution in [0, 0.1) is 0 Å². The number of ether oxygens (including phenoxy) is 3. The molecule has 2 aliphatic rings. The maximum absolute atomic E-state index is 12.4. The number of hydrogen-bond donors (Lipinski definition) is 1. The van der Waals surface area contributed by atoms with Crippen molar-refractivity contribution in [1.82, 2.24) is 4.57 Å². The number of alkyl halides is 2. The third-order valence-electron chi connectivity index (χ3n) is 5.40. The van der Waals surface area contributed by atoms with Crippen LogP contribution in [-0.4, -0.2) is 36.4 Å². The van der Waals surface area contributed by atoms with E-state index in [9.17, 15) is 13.6 Å². The van der Waals surface area contributed by atoms with Gasteiger partial charge < -0.3 is 24.1 Å². The Labute approximate surface area is 192 Å². The average Bonchev–Trinajstić information content (AvgIpc) is 3.45. The van der Waals surface area contributed by atoms with Gasteiger partial charge in [0.05, 0.1) is 29.7 Å². The molecule has 3 aromatic rings. The lowest BCUT2D eigenvalue weighted by molar-refractivity contribution is -0.118. The van der Waals surface area contributed by atoms with Crippen molar-refractivity contribution in [3.63, 3.8) is 0 Å². The number of anilines is 1. The van der Waals surface area contributed by atoms with Crippen LogP contribution in [0.5, 0.6) is 11.5 Å². The topological polar surface area (TPSA) is 74.1 Å². The summed E-state index contributed by atoms with van der Waals surface area (Å²) in [5.74, 6) is 0.531. The number of nitrogens with one attached hydrogen (secondary N) is 1. The molecule has 3 heterocycles. The quantitative estimate of drug-likeness (QED) is 0.570. The third-order valence-corrected chi connectivity index (χ3v) is 6.27. The maximum Gasteiger partial charge on any atom is 0.387 e. The van der Waals surface area contributed by atoms with E-state index in [-0.39, 0.29) is 24.4 Å². The minimum absolute atomic E-state index is 0.00792. The number of thiazole rings is 1. The minimum Gasteiger partial charge on any atom is -0.482 e. The highest BCUT2D eigenvalue weighted by molar-refractivity contribution is 7.07. The molecule has 0 bridgehead atoms. The summed E-state index contributed by atoms with van der Waals surface area (Å²) in [5.41, 5.74) is 3.11. The summed E-state index contributed by atoms with van der Waals surface area (Å²) in [6.07, 6.45) is 2.07. The molecule has 2 aliphatic heterocycles. The lowest BCUT2D eigenvalue weighted by Gasteiger charge is -2.19. The first kappa shape index (κ1) is 21.6. The van der Waals surface area contributed by atoms with Crippen molar-refractivity contribution in [3.8, 4) is 22.8 Å². The summed E-state index contributed by atoms with van der Waals surface area (Å²) in [6, 6.07) is 11.9. The summed E-state index contributed by atoms with van der Waals surface area (Å²) in [5, 5.41) is 4.85. The zero-order valence-electron chi connectivity index (χ0n) is 17.5. The molecule has 1 amide bonds. The second-order valence-corrected chi connectivity index (χ2v) is 8.52. The fourth-order valence-electron chi connectivity index (χ4n) is 3.87. The van der Waals surface area contributed by atoms with Crippen molar-refractivity contribution >= 4 is 28.6 Å². The smallest absolute Gasteiger partial charge is 0.387 e. The predicted octanol–water partition coefficient (Wildman–Crippen LogP) is 4.56. The van der Waals surface area contributed by atoms with Gasteiger partial charge in [-0.3, -0.25) is 4.79 Å². The van der Waals surface area contributed by atoms with Crippen LogP contribution in [0.2, 0.25) is 0 Å². The molecule has 0 saturated carbocycles. The molecule has 1 N–H and O–H groups in total. The molecule has 5 rings (SSSR count). The van der Waals surface area contributed by atoms with Crippen LogP contribution in [0.3, 0.4) is 0 Å². The van der Waals surface area contributed by atoms with Crippen LogP contribution in [0.15, 0.2) is 52.8 Å². The largest absolute Gasteiger partial charge is 0.482 e. The Morgan fingerprint density at radius 3 is 2.85 bits per heavy atom. The summed E-state index contributed by atoms with van der Waals surface area (Å²) >= 11 is 1.47. The molecule has 1 unspecified atom stereocenters. The standard InChI is InChI=1S/C23H21F2N3O4S/c24-22(25)32-16-6-4-15(5-7-16)26-23-28(11-17-2-1-9-30-17)19(13-33-23)14-3-8-20-18(10-14)27-21(29)12-31-20/h3-8,10,13,17,22H,1-2,9,11-12H2,(H,27,29). The van der Waals surface area contributed by atoms with E-state index in [2.05, 4.69) is 14.6 Å². The first-order valence-electron chi connectivity index (χ1n) is 10.5. The van der Waals surface area contributed by atoms with Crippen molar-refractivity contribution in [3.05, 3.63) is 52.6 Å². The number of nitrogens with zero attached hydrogens (tertiary/aromatic N) is 2. The first-order chi connectivity index (χ1) is 16.0. The van der Waals surface area contributed by atoms with Gasteiger partial charge in [-0.25, -0.2) is 4.99 Å². The molecule has 1 aromatic heterocycles. The molecule has 0 radical (unpaired) electrons. The van der Waals surface area contributed by atoms with Gasteiger partial charge in [-0.1, -0.05) is 0 Å². The molecule has 7 nitrogen and oxygen atoms in total. The highest BCUT2D eigenvalue weighted by atomic mass is 32.1. The van der Waals surface area contributed by atoms with Gasteiger partial charge in [-0.15, -0.1) is 11.3 Å². The first-order valence-corrected chi connectivity index (χ1v) is 11.4. The van der Waals surface area contributed by atoms with Gasteiger partial charge in [-0.05, 0) is 55.3 Å². The summed E-state index contributed by atoms with van der Waals surface area (Å²) < 4.78 is 42.7. The van der Waals surface area contributed by atoms with Gasteiger partial charge in [0.15, 0.2) is 11.4 Å². The van der Waals surface area contributed by atoms with Crippen LogP contribution in [0.4, 0.5) is 20.2 Å². The normalized spacial score (nSPS) is 18.2. The van der Waals surface area contributed by atoms with Gasteiger partial charge in [-0.2, -0.15) is 8.78 Å². The average molecular weight is 474 g/mol. The second kappa shape index (κ2) is 9.32. The van der Waals surface area contributed by atoms with E-state index in [0.29, 0.717) is 23.7 Å². The van der Waals surface area contributed by atoms with E-state index in [4.69, 9.17) is 14.5 Å². The SMILES string of the molecule is O=C1COc2ccc(-c3csc(=Nc4ccc(OC(F)F)cc4)n3CC3CCCO3)cc2N1. The van der Waals surface area contributed by atoms with Crippen molar-refractivity contribution in [2.45, 2.75) is 32.1 Å². The van der Waals surface area contributed by atoms with Gasteiger partial charge in [0.2, 0.25) is 0 Å². The Balaban J connectivity index is 1.52. The van der Waals surface area contributed by atoms with Gasteiger partial charge in [0.1, 0.15) is 11.5 Å². The molecule has 0 spiro atoms. The van der Waals surface area contributed by atoms with Crippen molar-refractivity contribution in [2.75, 3.05) is 18.5 Å². The summed E-state index contributed by atoms with van der Waals surface area (Å²) in [4.78, 5) is 17.2. The fourth-order valence-corrected chi connectivity index (χ4v) is 4.81. The van der Waals surface area contributed by atoms with E-state index >= 15 is 0 Å². The Bertz CT molecular complexity index is 1220. The molecule has 1 saturated heterocycles. The van der Waals surface area contributed by atoms with E-state index in [1.54, 1.807) is 12.1 Å². The number of carbonyl (C=O) groups is 1. The number of benzene rings is 2. The Hall–Kier alpha value is -3.24. The summed E-state index contributed by atoms with van der Waals surface area (Å²) in [6.45, 7) is -1.49. The number of hydrogen-bond acceptors (Lipinski definition) is 6. The monoisotopic (exact) mass is 473 g/mol. The fraction of sp³-hybridized carbons (Fsp3) is 0.304. The molecule has 10 heteroatoms. The number of halogens is 2. The molecular formula is C23H21F2N3O4S. The molecule has 172 valence electrons. The molecule has 1 fully saturated rings. The van der Waals surface area contributed by atoms with Crippen molar-refractivity contribution in [1.29, 1.82) is 0 Å². The molecule has 2 aromatic carbocycles. The molecule has 1 atom stereocenters. The number of amides is 1. The number of rotatable bonds is 6. The highest BCUT2D eigenvalue weighted by Crippen LogP contribution is 2.33. The molecule has 0 aliphatic carbocycles. The van der Waals surface area contributed by atoms with Crippen LogP contribution in [0.1, 0.15) is 12.8 Å². The number of aromatic nitrogens is 1. The minimum atomic E-state index is -2.87. The zero-order valence-corrected chi connectivity index (χ0v) is 18.3. The van der Waals surface area contributed by atoms with Gasteiger partial charge >= 0.3 is 6.61 Å². The van der Waals surface area contributed by atoms with Crippen LogP contribution < -0.4 is 19.6 Å². The van der Waals surface area contributed by atoms with Gasteiger partial charge in [0.25, 0.3) is 5.91 Å². The number of carbonyl (C=O) groups excluding carboxylic acids is 1. The Morgan fingerprint density at radius 2 is 2.09 bits per heavy atom. The highest BCUT2D eigenvalue weighted by Gasteiger charge is 2.21. The lowest BCUT2D eigenvalue weighted by atomic mass is 10.1. The van der Waals surface area contributed by atoms with E-state index in [0.717, 1.165) is 35.5 Å². The van der Waals surface area contributed by atoms with E-state index in [1.165, 1.54) is 23.5 Å². The Kier molecular flexibility index (Phi) is 6.10. The van der Waals surface area contributed by atoms with Crippen LogP contribution >= 0.6 is 11.3 Å². The second-order valence-electron chi connectivity index (χ2n) is 7.68. The third kappa shape index (κ3) is 4.91. The summed E-state index contributed by atoms with van der Waals surface area (Å²) in [7, 11) is 0.